The van der Waals surface area contributed by atoms with Crippen LogP contribution >= 0.6 is 11.6 Å². The monoisotopic (exact) mass is 385 g/mol. The second-order valence-electron chi connectivity index (χ2n) is 7.09. The number of aryl methyl sites for hydroxylation is 1. The summed E-state index contributed by atoms with van der Waals surface area (Å²) in [5.41, 5.74) is 3.51. The molecular formula is C20H24ClN5O. The van der Waals surface area contributed by atoms with Crippen LogP contribution in [-0.2, 0) is 20.0 Å². The van der Waals surface area contributed by atoms with Gasteiger partial charge in [-0.3, -0.25) is 14.7 Å². The fourth-order valence-electron chi connectivity index (χ4n) is 3.58. The van der Waals surface area contributed by atoms with Crippen molar-refractivity contribution in [3.8, 4) is 5.75 Å². The summed E-state index contributed by atoms with van der Waals surface area (Å²) in [5.74, 6) is 1.21. The predicted molar refractivity (Wildman–Crippen MR) is 105 cm³/mol. The summed E-state index contributed by atoms with van der Waals surface area (Å²) >= 11 is 6.11. The van der Waals surface area contributed by atoms with E-state index in [0.29, 0.717) is 17.5 Å². The summed E-state index contributed by atoms with van der Waals surface area (Å²) in [6.07, 6.45) is 5.95. The standard InChI is InChI=1S/C20H24ClN5O/c1-25-12-15(11-22-25)13-26-8-6-16(14-26)19-10-17(23-24-19)7-9-27-20-5-3-2-4-18(20)21/h2-5,10-12,16H,6-9,13-14H2,1H3,(H,23,24)/t16-/m0/s1. The van der Waals surface area contributed by atoms with Crippen LogP contribution in [0.25, 0.3) is 0 Å². The Labute approximate surface area is 164 Å². The molecule has 7 heteroatoms. The molecular weight excluding hydrogens is 362 g/mol. The molecule has 1 saturated heterocycles. The van der Waals surface area contributed by atoms with Crippen LogP contribution < -0.4 is 4.74 Å². The second kappa shape index (κ2) is 8.15. The van der Waals surface area contributed by atoms with E-state index in [9.17, 15) is 0 Å². The van der Waals surface area contributed by atoms with Gasteiger partial charge in [0.15, 0.2) is 0 Å². The van der Waals surface area contributed by atoms with E-state index in [1.807, 2.05) is 42.2 Å². The molecule has 1 aromatic carbocycles. The highest BCUT2D eigenvalue weighted by Crippen LogP contribution is 2.27. The summed E-state index contributed by atoms with van der Waals surface area (Å²) in [6.45, 7) is 3.66. The Kier molecular flexibility index (Phi) is 5.45. The Morgan fingerprint density at radius 3 is 3.04 bits per heavy atom. The third-order valence-electron chi connectivity index (χ3n) is 4.97. The highest BCUT2D eigenvalue weighted by Gasteiger charge is 2.26. The van der Waals surface area contributed by atoms with Gasteiger partial charge < -0.3 is 4.74 Å². The van der Waals surface area contributed by atoms with Gasteiger partial charge in [-0.05, 0) is 31.2 Å². The smallest absolute Gasteiger partial charge is 0.137 e. The normalized spacial score (nSPS) is 17.5. The first-order valence-corrected chi connectivity index (χ1v) is 9.66. The maximum Gasteiger partial charge on any atom is 0.137 e. The Hall–Kier alpha value is -2.31. The number of ether oxygens (including phenoxy) is 1. The fourth-order valence-corrected chi connectivity index (χ4v) is 3.77. The molecule has 0 unspecified atom stereocenters. The maximum absolute atomic E-state index is 6.11. The zero-order valence-electron chi connectivity index (χ0n) is 15.4. The molecule has 27 heavy (non-hydrogen) atoms. The van der Waals surface area contributed by atoms with E-state index in [1.54, 1.807) is 0 Å². The van der Waals surface area contributed by atoms with Crippen molar-refractivity contribution in [2.45, 2.75) is 25.3 Å². The first kappa shape index (κ1) is 18.1. The van der Waals surface area contributed by atoms with Gasteiger partial charge in [-0.25, -0.2) is 0 Å². The molecule has 6 nitrogen and oxygen atoms in total. The average molecular weight is 386 g/mol. The Bertz CT molecular complexity index is 890. The van der Waals surface area contributed by atoms with Crippen LogP contribution in [0.3, 0.4) is 0 Å². The molecule has 3 aromatic rings. The average Bonchev–Trinajstić information content (AvgIpc) is 3.38. The molecule has 1 fully saturated rings. The van der Waals surface area contributed by atoms with E-state index < -0.39 is 0 Å². The van der Waals surface area contributed by atoms with E-state index in [1.165, 1.54) is 5.56 Å². The van der Waals surface area contributed by atoms with Gasteiger partial charge in [-0.1, -0.05) is 23.7 Å². The molecule has 1 aliphatic rings. The lowest BCUT2D eigenvalue weighted by molar-refractivity contribution is 0.320. The van der Waals surface area contributed by atoms with Gasteiger partial charge in [0.1, 0.15) is 5.75 Å². The lowest BCUT2D eigenvalue weighted by atomic mass is 10.0. The second-order valence-corrected chi connectivity index (χ2v) is 7.50. The zero-order chi connectivity index (χ0) is 18.6. The lowest BCUT2D eigenvalue weighted by Gasteiger charge is -2.13. The molecule has 1 N–H and O–H groups in total. The number of nitrogens with one attached hydrogen (secondary N) is 1. The minimum Gasteiger partial charge on any atom is -0.492 e. The maximum atomic E-state index is 6.11. The quantitative estimate of drug-likeness (QED) is 0.677. The van der Waals surface area contributed by atoms with Crippen LogP contribution in [0.2, 0.25) is 5.02 Å². The van der Waals surface area contributed by atoms with Crippen molar-refractivity contribution in [1.82, 2.24) is 24.9 Å². The summed E-state index contributed by atoms with van der Waals surface area (Å²) < 4.78 is 7.62. The highest BCUT2D eigenvalue weighted by molar-refractivity contribution is 6.32. The molecule has 0 amide bonds. The number of benzene rings is 1. The molecule has 142 valence electrons. The van der Waals surface area contributed by atoms with Crippen LogP contribution in [0, 0.1) is 0 Å². The number of H-pyrrole nitrogens is 1. The van der Waals surface area contributed by atoms with Gasteiger partial charge >= 0.3 is 0 Å². The van der Waals surface area contributed by atoms with Crippen LogP contribution in [0.15, 0.2) is 42.7 Å². The minimum atomic E-state index is 0.483. The highest BCUT2D eigenvalue weighted by atomic mass is 35.5. The number of aromatic amines is 1. The number of halogens is 1. The topological polar surface area (TPSA) is 59.0 Å². The SMILES string of the molecule is Cn1cc(CN2CC[C@H](c3cc(CCOc4ccccc4Cl)[nH]n3)C2)cn1. The lowest BCUT2D eigenvalue weighted by Crippen LogP contribution is -2.19. The van der Waals surface area contributed by atoms with E-state index in [-0.39, 0.29) is 0 Å². The van der Waals surface area contributed by atoms with E-state index in [2.05, 4.69) is 32.5 Å². The van der Waals surface area contributed by atoms with Crippen LogP contribution in [0.5, 0.6) is 5.75 Å². The third-order valence-corrected chi connectivity index (χ3v) is 5.28. The molecule has 0 radical (unpaired) electrons. The third kappa shape index (κ3) is 4.51. The van der Waals surface area contributed by atoms with Crippen molar-refractivity contribution in [2.75, 3.05) is 19.7 Å². The number of hydrogen-bond acceptors (Lipinski definition) is 4. The number of hydrogen-bond donors (Lipinski definition) is 1. The molecule has 2 aromatic heterocycles. The Balaban J connectivity index is 1.27. The molecule has 0 bridgehead atoms. The molecule has 3 heterocycles. The summed E-state index contributed by atoms with van der Waals surface area (Å²) in [7, 11) is 1.96. The van der Waals surface area contributed by atoms with Gasteiger partial charge in [0, 0.05) is 49.9 Å². The first-order valence-electron chi connectivity index (χ1n) is 9.29. The summed E-state index contributed by atoms with van der Waals surface area (Å²) in [6, 6.07) is 9.72. The molecule has 1 aliphatic heterocycles. The number of likely N-dealkylation sites (tertiary alicyclic amines) is 1. The summed E-state index contributed by atoms with van der Waals surface area (Å²) in [4.78, 5) is 2.47. The minimum absolute atomic E-state index is 0.483. The van der Waals surface area contributed by atoms with Gasteiger partial charge in [0.25, 0.3) is 0 Å². The zero-order valence-corrected chi connectivity index (χ0v) is 16.2. The van der Waals surface area contributed by atoms with Crippen LogP contribution in [0.4, 0.5) is 0 Å². The predicted octanol–water partition coefficient (Wildman–Crippen LogP) is 3.41. The largest absolute Gasteiger partial charge is 0.492 e. The molecule has 0 spiro atoms. The van der Waals surface area contributed by atoms with Crippen molar-refractivity contribution in [2.24, 2.45) is 7.05 Å². The first-order chi connectivity index (χ1) is 13.2. The van der Waals surface area contributed by atoms with E-state index >= 15 is 0 Å². The van der Waals surface area contributed by atoms with Gasteiger partial charge in [-0.15, -0.1) is 0 Å². The van der Waals surface area contributed by atoms with Crippen molar-refractivity contribution in [3.63, 3.8) is 0 Å². The number of para-hydroxylation sites is 1. The molecule has 0 aliphatic carbocycles. The fraction of sp³-hybridized carbons (Fsp3) is 0.400. The van der Waals surface area contributed by atoms with E-state index in [4.69, 9.17) is 16.3 Å². The number of nitrogens with zero attached hydrogens (tertiary/aromatic N) is 4. The number of aromatic nitrogens is 4. The Morgan fingerprint density at radius 1 is 1.33 bits per heavy atom. The van der Waals surface area contributed by atoms with E-state index in [0.717, 1.165) is 49.6 Å². The summed E-state index contributed by atoms with van der Waals surface area (Å²) in [5, 5.41) is 12.6. The van der Waals surface area contributed by atoms with Crippen LogP contribution in [-0.4, -0.2) is 44.6 Å². The molecule has 4 rings (SSSR count). The van der Waals surface area contributed by atoms with Crippen molar-refractivity contribution >= 4 is 11.6 Å². The van der Waals surface area contributed by atoms with Crippen molar-refractivity contribution < 1.29 is 4.74 Å². The Morgan fingerprint density at radius 2 is 2.22 bits per heavy atom. The van der Waals surface area contributed by atoms with Crippen molar-refractivity contribution in [1.29, 1.82) is 0 Å². The van der Waals surface area contributed by atoms with Gasteiger partial charge in [0.05, 0.1) is 23.5 Å². The van der Waals surface area contributed by atoms with Crippen LogP contribution in [0.1, 0.15) is 29.3 Å². The van der Waals surface area contributed by atoms with Gasteiger partial charge in [0.2, 0.25) is 0 Å². The molecule has 1 atom stereocenters. The van der Waals surface area contributed by atoms with Gasteiger partial charge in [-0.2, -0.15) is 10.2 Å². The van der Waals surface area contributed by atoms with Crippen molar-refractivity contribution in [3.05, 3.63) is 64.7 Å². The number of rotatable bonds is 7. The molecule has 0 saturated carbocycles.